The Kier molecular flexibility index (Phi) is 8.88. The van der Waals surface area contributed by atoms with Gasteiger partial charge in [-0.1, -0.05) is 113 Å². The Morgan fingerprint density at radius 2 is 1.53 bits per heavy atom. The van der Waals surface area contributed by atoms with Crippen LogP contribution in [0.4, 0.5) is 0 Å². The van der Waals surface area contributed by atoms with Gasteiger partial charge in [0.1, 0.15) is 0 Å². The van der Waals surface area contributed by atoms with Gasteiger partial charge < -0.3 is 5.11 Å². The third-order valence-electron chi connectivity index (χ3n) is 7.98. The van der Waals surface area contributed by atoms with E-state index in [1.165, 1.54) is 0 Å². The zero-order valence-corrected chi connectivity index (χ0v) is 26.8. The van der Waals surface area contributed by atoms with Gasteiger partial charge in [0.2, 0.25) is 10.0 Å². The second kappa shape index (κ2) is 12.4. The van der Waals surface area contributed by atoms with Crippen LogP contribution < -0.4 is 0 Å². The molecule has 1 N–H and O–H groups in total. The summed E-state index contributed by atoms with van der Waals surface area (Å²) in [5.74, 6) is -0.884. The van der Waals surface area contributed by atoms with Crippen molar-refractivity contribution in [1.82, 2.24) is 4.31 Å². The fraction of sp³-hybridized carbons (Fsp3) is 0.194. The van der Waals surface area contributed by atoms with Crippen LogP contribution in [0, 0.1) is 6.92 Å². The summed E-state index contributed by atoms with van der Waals surface area (Å²) >= 11 is 3.52. The first-order valence-corrected chi connectivity index (χ1v) is 16.4. The minimum atomic E-state index is -3.86. The van der Waals surface area contributed by atoms with Gasteiger partial charge in [-0.3, -0.25) is 4.79 Å². The van der Waals surface area contributed by atoms with Crippen LogP contribution in [0.3, 0.4) is 0 Å². The Labute approximate surface area is 262 Å². The molecule has 7 heteroatoms. The number of halogens is 1. The molecular weight excluding hydrogens is 622 g/mol. The molecule has 5 aromatic rings. The van der Waals surface area contributed by atoms with Gasteiger partial charge in [0.05, 0.1) is 10.3 Å². The van der Waals surface area contributed by atoms with Crippen molar-refractivity contribution in [1.29, 1.82) is 0 Å². The third kappa shape index (κ3) is 6.59. The number of carboxylic acids is 1. The minimum absolute atomic E-state index is 0.214. The number of carbonyl (C=O) groups is 1. The molecule has 0 saturated heterocycles. The fourth-order valence-electron chi connectivity index (χ4n) is 5.27. The molecule has 0 bridgehead atoms. The van der Waals surface area contributed by atoms with Crippen LogP contribution in [0.15, 0.2) is 119 Å². The van der Waals surface area contributed by atoms with Crippen LogP contribution in [0.1, 0.15) is 36.1 Å². The maximum atomic E-state index is 14.4. The quantitative estimate of drug-likeness (QED) is 0.164. The monoisotopic (exact) mass is 655 g/mol. The lowest BCUT2D eigenvalue weighted by Gasteiger charge is -2.25. The molecule has 0 fully saturated rings. The van der Waals surface area contributed by atoms with Crippen molar-refractivity contribution in [3.05, 3.63) is 136 Å². The van der Waals surface area contributed by atoms with Gasteiger partial charge in [0.15, 0.2) is 0 Å². The topological polar surface area (TPSA) is 74.7 Å². The smallest absolute Gasteiger partial charge is 0.313 e. The molecule has 0 aliphatic carbocycles. The van der Waals surface area contributed by atoms with Gasteiger partial charge in [0, 0.05) is 22.9 Å². The molecule has 0 unspecified atom stereocenters. The summed E-state index contributed by atoms with van der Waals surface area (Å²) in [5, 5.41) is 11.3. The third-order valence-corrected chi connectivity index (χ3v) is 10.5. The van der Waals surface area contributed by atoms with E-state index in [0.717, 1.165) is 43.1 Å². The van der Waals surface area contributed by atoms with Crippen LogP contribution in [-0.2, 0) is 33.2 Å². The zero-order valence-electron chi connectivity index (χ0n) is 24.4. The normalized spacial score (nSPS) is 12.1. The highest BCUT2D eigenvalue weighted by atomic mass is 79.9. The number of nitrogens with zero attached hydrogens (tertiary/aromatic N) is 1. The van der Waals surface area contributed by atoms with Gasteiger partial charge in [0.25, 0.3) is 0 Å². The number of aliphatic carboxylic acids is 1. The lowest BCUT2D eigenvalue weighted by Crippen LogP contribution is -2.33. The van der Waals surface area contributed by atoms with E-state index in [2.05, 4.69) is 15.9 Å². The molecule has 0 saturated carbocycles. The predicted octanol–water partition coefficient (Wildman–Crippen LogP) is 8.37. The second-order valence-electron chi connectivity index (χ2n) is 11.4. The van der Waals surface area contributed by atoms with Crippen molar-refractivity contribution < 1.29 is 18.3 Å². The predicted molar refractivity (Wildman–Crippen MR) is 177 cm³/mol. The Bertz CT molecular complexity index is 1900. The van der Waals surface area contributed by atoms with E-state index in [1.54, 1.807) is 18.2 Å². The van der Waals surface area contributed by atoms with Gasteiger partial charge in [-0.25, -0.2) is 8.42 Å². The van der Waals surface area contributed by atoms with E-state index in [1.807, 2.05) is 116 Å². The highest BCUT2D eigenvalue weighted by molar-refractivity contribution is 9.10. The highest BCUT2D eigenvalue weighted by Crippen LogP contribution is 2.32. The molecule has 0 atom stereocenters. The van der Waals surface area contributed by atoms with E-state index in [9.17, 15) is 18.3 Å². The summed E-state index contributed by atoms with van der Waals surface area (Å²) in [6.07, 6.45) is 0.562. The van der Waals surface area contributed by atoms with Crippen LogP contribution in [-0.4, -0.2) is 30.3 Å². The number of aryl methyl sites for hydroxylation is 1. The summed E-state index contributed by atoms with van der Waals surface area (Å²) in [6, 6.07) is 34.7. The summed E-state index contributed by atoms with van der Waals surface area (Å²) in [4.78, 5) is 12.1. The molecular formula is C36H34BrNO4S. The molecule has 0 aliphatic heterocycles. The van der Waals surface area contributed by atoms with Gasteiger partial charge >= 0.3 is 5.97 Å². The molecule has 5 rings (SSSR count). The summed E-state index contributed by atoms with van der Waals surface area (Å²) in [6.45, 7) is 5.76. The van der Waals surface area contributed by atoms with Crippen molar-refractivity contribution in [2.24, 2.45) is 0 Å². The van der Waals surface area contributed by atoms with Gasteiger partial charge in [-0.2, -0.15) is 4.31 Å². The minimum Gasteiger partial charge on any atom is -0.481 e. The van der Waals surface area contributed by atoms with Gasteiger partial charge in [-0.05, 0) is 78.1 Å². The Hall–Kier alpha value is -3.78. The van der Waals surface area contributed by atoms with Gasteiger partial charge in [-0.15, -0.1) is 0 Å². The largest absolute Gasteiger partial charge is 0.481 e. The maximum Gasteiger partial charge on any atom is 0.313 e. The van der Waals surface area contributed by atoms with E-state index in [4.69, 9.17) is 0 Å². The van der Waals surface area contributed by atoms with Crippen molar-refractivity contribution in [3.63, 3.8) is 0 Å². The highest BCUT2D eigenvalue weighted by Gasteiger charge is 2.30. The molecule has 43 heavy (non-hydrogen) atoms. The lowest BCUT2D eigenvalue weighted by atomic mass is 9.83. The molecule has 5 aromatic carbocycles. The average Bonchev–Trinajstić information content (AvgIpc) is 2.99. The first-order chi connectivity index (χ1) is 20.5. The number of rotatable bonds is 10. The molecule has 0 aromatic heterocycles. The zero-order chi connectivity index (χ0) is 30.8. The molecule has 0 heterocycles. The summed E-state index contributed by atoms with van der Waals surface area (Å²) in [7, 11) is -3.86. The number of sulfonamides is 1. The van der Waals surface area contributed by atoms with Crippen LogP contribution in [0.2, 0.25) is 0 Å². The Morgan fingerprint density at radius 1 is 0.814 bits per heavy atom. The fourth-order valence-corrected chi connectivity index (χ4v) is 7.57. The SMILES string of the molecule is Cc1ccc2ccccc2c1S(=O)(=O)N(CCc1cccc(Br)c1)Cc1ccc(-c2cccc(C(C)(C)C(=O)O)c2)cc1. The van der Waals surface area contributed by atoms with E-state index in [-0.39, 0.29) is 6.54 Å². The standard InChI is InChI=1S/C36H34BrNO4S/c1-25-14-17-29-9-4-5-13-33(29)34(25)43(41,42)38(21-20-26-8-6-12-32(37)22-26)24-27-15-18-28(19-16-27)30-10-7-11-31(23-30)36(2,3)35(39)40/h4-19,22-23H,20-21,24H2,1-3H3,(H,39,40). The van der Waals surface area contributed by atoms with Crippen molar-refractivity contribution in [2.45, 2.75) is 44.0 Å². The summed E-state index contributed by atoms with van der Waals surface area (Å²) < 4.78 is 31.3. The number of benzene rings is 5. The molecule has 0 amide bonds. The molecule has 5 nitrogen and oxygen atoms in total. The van der Waals surface area contributed by atoms with Crippen LogP contribution in [0.5, 0.6) is 0 Å². The van der Waals surface area contributed by atoms with Crippen molar-refractivity contribution in [3.8, 4) is 11.1 Å². The van der Waals surface area contributed by atoms with E-state index in [0.29, 0.717) is 23.4 Å². The van der Waals surface area contributed by atoms with Crippen LogP contribution in [0.25, 0.3) is 21.9 Å². The number of carboxylic acid groups (broad SMARTS) is 1. The van der Waals surface area contributed by atoms with Crippen LogP contribution >= 0.6 is 15.9 Å². The van der Waals surface area contributed by atoms with E-state index < -0.39 is 21.4 Å². The number of fused-ring (bicyclic) bond motifs is 1. The molecule has 0 aliphatic rings. The average molecular weight is 657 g/mol. The Morgan fingerprint density at radius 3 is 2.26 bits per heavy atom. The second-order valence-corrected chi connectivity index (χ2v) is 14.1. The summed E-state index contributed by atoms with van der Waals surface area (Å²) in [5.41, 5.74) is 4.16. The van der Waals surface area contributed by atoms with Crippen molar-refractivity contribution >= 4 is 42.7 Å². The van der Waals surface area contributed by atoms with Crippen molar-refractivity contribution in [2.75, 3.05) is 6.54 Å². The molecule has 220 valence electrons. The Balaban J connectivity index is 1.49. The first-order valence-electron chi connectivity index (χ1n) is 14.1. The van der Waals surface area contributed by atoms with E-state index >= 15 is 0 Å². The number of hydrogen-bond donors (Lipinski definition) is 1. The number of hydrogen-bond acceptors (Lipinski definition) is 3. The maximum absolute atomic E-state index is 14.4. The lowest BCUT2D eigenvalue weighted by molar-refractivity contribution is -0.142. The molecule has 0 radical (unpaired) electrons. The molecule has 0 spiro atoms. The first kappa shape index (κ1) is 30.7.